The van der Waals surface area contributed by atoms with Crippen LogP contribution in [0.4, 0.5) is 4.39 Å². The third-order valence-electron chi connectivity index (χ3n) is 5.43. The predicted molar refractivity (Wildman–Crippen MR) is 107 cm³/mol. The summed E-state index contributed by atoms with van der Waals surface area (Å²) in [7, 11) is -2.26. The molecule has 1 saturated heterocycles. The summed E-state index contributed by atoms with van der Waals surface area (Å²) in [6, 6.07) is 6.73. The third kappa shape index (κ3) is 4.84. The second kappa shape index (κ2) is 8.62. The fourth-order valence-corrected chi connectivity index (χ4v) is 5.19. The van der Waals surface area contributed by atoms with Gasteiger partial charge in [0.15, 0.2) is 0 Å². The van der Waals surface area contributed by atoms with Gasteiger partial charge in [0.2, 0.25) is 15.9 Å². The maximum Gasteiger partial charge on any atom is 0.244 e. The van der Waals surface area contributed by atoms with E-state index < -0.39 is 15.8 Å². The van der Waals surface area contributed by atoms with Crippen molar-refractivity contribution in [1.29, 1.82) is 0 Å². The summed E-state index contributed by atoms with van der Waals surface area (Å²) in [5.74, 6) is -0.603. The fraction of sp³-hybridized carbons (Fsp3) is 0.500. The lowest BCUT2D eigenvalue weighted by molar-refractivity contribution is -0.132. The quantitative estimate of drug-likeness (QED) is 0.741. The molecule has 7 nitrogen and oxygen atoms in total. The summed E-state index contributed by atoms with van der Waals surface area (Å²) in [6.45, 7) is 5.05. The molecule has 1 aliphatic heterocycles. The highest BCUT2D eigenvalue weighted by Gasteiger charge is 2.30. The Kier molecular flexibility index (Phi) is 6.38. The van der Waals surface area contributed by atoms with Crippen molar-refractivity contribution in [3.05, 3.63) is 47.5 Å². The molecule has 0 saturated carbocycles. The summed E-state index contributed by atoms with van der Waals surface area (Å²) >= 11 is 0. The van der Waals surface area contributed by atoms with E-state index in [1.54, 1.807) is 9.58 Å². The number of carbonyl (C=O) groups excluding carboxylic acids is 1. The Bertz CT molecular complexity index is 989. The molecule has 0 spiro atoms. The maximum atomic E-state index is 13.5. The molecule has 158 valence electrons. The van der Waals surface area contributed by atoms with Gasteiger partial charge in [-0.25, -0.2) is 12.8 Å². The van der Waals surface area contributed by atoms with E-state index in [0.717, 1.165) is 17.5 Å². The molecule has 1 aromatic carbocycles. The van der Waals surface area contributed by atoms with E-state index in [1.807, 2.05) is 19.9 Å². The van der Waals surface area contributed by atoms with Crippen LogP contribution in [0.2, 0.25) is 0 Å². The Balaban J connectivity index is 1.66. The minimum absolute atomic E-state index is 0.0208. The molecule has 1 atom stereocenters. The number of likely N-dealkylation sites (tertiary alicyclic amines) is 1. The van der Waals surface area contributed by atoms with E-state index in [4.69, 9.17) is 0 Å². The summed E-state index contributed by atoms with van der Waals surface area (Å²) in [4.78, 5) is 14.4. The molecule has 3 rings (SSSR count). The van der Waals surface area contributed by atoms with Gasteiger partial charge < -0.3 is 4.90 Å². The van der Waals surface area contributed by atoms with Crippen molar-refractivity contribution < 1.29 is 17.6 Å². The Labute approximate surface area is 171 Å². The van der Waals surface area contributed by atoms with Gasteiger partial charge in [-0.05, 0) is 57.4 Å². The normalized spacial score (nSPS) is 18.1. The van der Waals surface area contributed by atoms with Crippen molar-refractivity contribution in [2.24, 2.45) is 0 Å². The first-order valence-electron chi connectivity index (χ1n) is 9.71. The highest BCUT2D eigenvalue weighted by Crippen LogP contribution is 2.23. The van der Waals surface area contributed by atoms with E-state index in [9.17, 15) is 17.6 Å². The van der Waals surface area contributed by atoms with Crippen molar-refractivity contribution in [3.63, 3.8) is 0 Å². The van der Waals surface area contributed by atoms with Crippen LogP contribution >= 0.6 is 0 Å². The van der Waals surface area contributed by atoms with Crippen LogP contribution < -0.4 is 0 Å². The zero-order valence-corrected chi connectivity index (χ0v) is 17.8. The van der Waals surface area contributed by atoms with Crippen LogP contribution in [-0.2, 0) is 21.4 Å². The van der Waals surface area contributed by atoms with Crippen LogP contribution in [0.1, 0.15) is 30.7 Å². The molecular weight excluding hydrogens is 395 g/mol. The second-order valence-corrected chi connectivity index (χ2v) is 9.53. The van der Waals surface area contributed by atoms with Gasteiger partial charge in [-0.1, -0.05) is 6.07 Å². The highest BCUT2D eigenvalue weighted by molar-refractivity contribution is 7.89. The van der Waals surface area contributed by atoms with Crippen LogP contribution in [0.25, 0.3) is 0 Å². The number of hydrogen-bond acceptors (Lipinski definition) is 4. The van der Waals surface area contributed by atoms with Gasteiger partial charge in [0.1, 0.15) is 12.4 Å². The van der Waals surface area contributed by atoms with Crippen molar-refractivity contribution in [2.75, 3.05) is 20.1 Å². The van der Waals surface area contributed by atoms with Crippen molar-refractivity contribution in [3.8, 4) is 0 Å². The standard InChI is InChI=1S/C20H27FN4O3S/c1-15-12-16(2)25(22-15)14-20(26)24-10-5-7-18(9-11-24)23(3)29(27,28)19-8-4-6-17(21)13-19/h4,6,8,12-13,18H,5,7,9-11,14H2,1-3H3/t18-/m1/s1. The predicted octanol–water partition coefficient (Wildman–Crippen LogP) is 2.34. The topological polar surface area (TPSA) is 75.5 Å². The Morgan fingerprint density at radius 3 is 2.66 bits per heavy atom. The number of aromatic nitrogens is 2. The van der Waals surface area contributed by atoms with Crippen molar-refractivity contribution in [2.45, 2.75) is 50.6 Å². The second-order valence-electron chi connectivity index (χ2n) is 7.53. The van der Waals surface area contributed by atoms with Gasteiger partial charge in [0.25, 0.3) is 0 Å². The molecule has 0 radical (unpaired) electrons. The number of rotatable bonds is 5. The molecule has 9 heteroatoms. The zero-order chi connectivity index (χ0) is 21.2. The largest absolute Gasteiger partial charge is 0.341 e. The minimum Gasteiger partial charge on any atom is -0.341 e. The van der Waals surface area contributed by atoms with Crippen LogP contribution in [0, 0.1) is 19.7 Å². The molecule has 29 heavy (non-hydrogen) atoms. The van der Waals surface area contributed by atoms with Crippen molar-refractivity contribution >= 4 is 15.9 Å². The van der Waals surface area contributed by atoms with Gasteiger partial charge in [0, 0.05) is 31.9 Å². The number of hydrogen-bond donors (Lipinski definition) is 0. The molecule has 2 heterocycles. The summed E-state index contributed by atoms with van der Waals surface area (Å²) < 4.78 is 42.2. The van der Waals surface area contributed by atoms with E-state index >= 15 is 0 Å². The van der Waals surface area contributed by atoms with Crippen LogP contribution in [0.5, 0.6) is 0 Å². The molecule has 1 aromatic heterocycles. The zero-order valence-electron chi connectivity index (χ0n) is 17.0. The van der Waals surface area contributed by atoms with Gasteiger partial charge in [0.05, 0.1) is 10.6 Å². The van der Waals surface area contributed by atoms with Crippen LogP contribution in [0.3, 0.4) is 0 Å². The lowest BCUT2D eigenvalue weighted by Crippen LogP contribution is -2.39. The van der Waals surface area contributed by atoms with E-state index in [-0.39, 0.29) is 23.4 Å². The van der Waals surface area contributed by atoms with Crippen LogP contribution in [-0.4, -0.2) is 59.5 Å². The molecule has 0 aliphatic carbocycles. The number of aryl methyl sites for hydroxylation is 2. The van der Waals surface area contributed by atoms with Gasteiger partial charge in [-0.3, -0.25) is 9.48 Å². The lowest BCUT2D eigenvalue weighted by Gasteiger charge is -2.27. The van der Waals surface area contributed by atoms with Gasteiger partial charge in [-0.15, -0.1) is 0 Å². The minimum atomic E-state index is -3.79. The first kappa shape index (κ1) is 21.4. The summed E-state index contributed by atoms with van der Waals surface area (Å²) in [6.07, 6.45) is 1.89. The summed E-state index contributed by atoms with van der Waals surface area (Å²) in [5, 5.41) is 4.34. The van der Waals surface area contributed by atoms with Gasteiger partial charge >= 0.3 is 0 Å². The third-order valence-corrected chi connectivity index (χ3v) is 7.33. The number of benzene rings is 1. The van der Waals surface area contributed by atoms with Gasteiger partial charge in [-0.2, -0.15) is 9.40 Å². The average Bonchev–Trinajstić information content (AvgIpc) is 2.86. The molecule has 0 bridgehead atoms. The fourth-order valence-electron chi connectivity index (χ4n) is 3.74. The Morgan fingerprint density at radius 1 is 1.24 bits per heavy atom. The van der Waals surface area contributed by atoms with E-state index in [2.05, 4.69) is 5.10 Å². The molecule has 0 unspecified atom stereocenters. The number of halogens is 1. The number of nitrogens with zero attached hydrogens (tertiary/aromatic N) is 4. The highest BCUT2D eigenvalue weighted by atomic mass is 32.2. The molecule has 1 aliphatic rings. The number of carbonyl (C=O) groups is 1. The first-order valence-corrected chi connectivity index (χ1v) is 11.1. The maximum absolute atomic E-state index is 13.5. The molecule has 2 aromatic rings. The average molecular weight is 423 g/mol. The Morgan fingerprint density at radius 2 is 2.00 bits per heavy atom. The number of amides is 1. The molecular formula is C20H27FN4O3S. The van der Waals surface area contributed by atoms with E-state index in [0.29, 0.717) is 32.4 Å². The monoisotopic (exact) mass is 422 g/mol. The molecule has 0 N–H and O–H groups in total. The molecule has 1 fully saturated rings. The van der Waals surface area contributed by atoms with Crippen molar-refractivity contribution in [1.82, 2.24) is 19.0 Å². The Hall–Kier alpha value is -2.26. The SMILES string of the molecule is Cc1cc(C)n(CC(=O)N2CCC[C@@H](N(C)S(=O)(=O)c3cccc(F)c3)CC2)n1. The summed E-state index contributed by atoms with van der Waals surface area (Å²) in [5.41, 5.74) is 1.81. The first-order chi connectivity index (χ1) is 13.7. The smallest absolute Gasteiger partial charge is 0.244 e. The van der Waals surface area contributed by atoms with E-state index in [1.165, 1.54) is 29.6 Å². The number of sulfonamides is 1. The molecule has 1 amide bonds. The van der Waals surface area contributed by atoms with Crippen LogP contribution in [0.15, 0.2) is 35.2 Å². The lowest BCUT2D eigenvalue weighted by atomic mass is 10.1.